The SMILES string of the molecule is C=C(/C=C\CCCCC)C(CC)C(C)=O.CC.CC1CCCC1.CCC(C)CC(C)=O.CCCCC(C)=O.CCCCC(CCCC)C(C)=O. The van der Waals surface area contributed by atoms with Gasteiger partial charge in [-0.1, -0.05) is 165 Å². The van der Waals surface area contributed by atoms with Gasteiger partial charge < -0.3 is 9.59 Å². The highest BCUT2D eigenvalue weighted by Gasteiger charge is 2.13. The molecule has 0 heterocycles. The maximum atomic E-state index is 11.3. The van der Waals surface area contributed by atoms with Crippen molar-refractivity contribution in [3.05, 3.63) is 24.3 Å². The van der Waals surface area contributed by atoms with Crippen molar-refractivity contribution in [3.8, 4) is 0 Å². The smallest absolute Gasteiger partial charge is 0.137 e. The largest absolute Gasteiger partial charge is 0.300 e. The molecular weight excluding hydrogens is 617 g/mol. The number of carbonyl (C=O) groups is 4. The number of hydrogen-bond acceptors (Lipinski definition) is 4. The van der Waals surface area contributed by atoms with Crippen molar-refractivity contribution >= 4 is 23.1 Å². The van der Waals surface area contributed by atoms with Crippen LogP contribution < -0.4 is 0 Å². The van der Waals surface area contributed by atoms with Crippen LogP contribution in [0.3, 0.4) is 0 Å². The molecule has 0 aromatic carbocycles. The first-order chi connectivity index (χ1) is 23.7. The molecule has 2 unspecified atom stereocenters. The molecule has 0 bridgehead atoms. The number of carbonyl (C=O) groups excluding carboxylic acids is 4. The Labute approximate surface area is 314 Å². The van der Waals surface area contributed by atoms with Gasteiger partial charge in [-0.15, -0.1) is 0 Å². The average Bonchev–Trinajstić information content (AvgIpc) is 3.56. The van der Waals surface area contributed by atoms with Crippen molar-refractivity contribution in [2.75, 3.05) is 0 Å². The van der Waals surface area contributed by atoms with Gasteiger partial charge in [0.05, 0.1) is 0 Å². The number of allylic oxidation sites excluding steroid dienone is 3. The molecule has 1 saturated carbocycles. The van der Waals surface area contributed by atoms with Crippen LogP contribution in [0.2, 0.25) is 0 Å². The van der Waals surface area contributed by atoms with Crippen LogP contribution in [0, 0.1) is 23.7 Å². The zero-order chi connectivity index (χ0) is 39.8. The Morgan fingerprint density at radius 3 is 1.42 bits per heavy atom. The molecule has 0 aromatic rings. The Hall–Kier alpha value is -1.84. The molecule has 1 aliphatic carbocycles. The molecule has 50 heavy (non-hydrogen) atoms. The molecule has 2 atom stereocenters. The Morgan fingerprint density at radius 2 is 1.16 bits per heavy atom. The molecule has 1 aliphatic rings. The Bertz CT molecular complexity index is 795. The summed E-state index contributed by atoms with van der Waals surface area (Å²) in [6.45, 7) is 31.8. The summed E-state index contributed by atoms with van der Waals surface area (Å²) in [7, 11) is 0. The van der Waals surface area contributed by atoms with Crippen LogP contribution in [-0.2, 0) is 19.2 Å². The summed E-state index contributed by atoms with van der Waals surface area (Å²) in [5.41, 5.74) is 0.960. The topological polar surface area (TPSA) is 68.3 Å². The van der Waals surface area contributed by atoms with E-state index in [4.69, 9.17) is 0 Å². The number of rotatable bonds is 21. The second-order valence-corrected chi connectivity index (χ2v) is 14.3. The van der Waals surface area contributed by atoms with Crippen molar-refractivity contribution in [1.82, 2.24) is 0 Å². The quantitative estimate of drug-likeness (QED) is 0.0880. The van der Waals surface area contributed by atoms with E-state index in [1.54, 1.807) is 27.7 Å². The predicted octanol–water partition coefficient (Wildman–Crippen LogP) is 14.9. The van der Waals surface area contributed by atoms with Gasteiger partial charge in [0, 0.05) is 24.7 Å². The summed E-state index contributed by atoms with van der Waals surface area (Å²) in [5.74, 6) is 3.22. The Balaban J connectivity index is -0.000000173. The van der Waals surface area contributed by atoms with E-state index in [1.165, 1.54) is 70.6 Å². The highest BCUT2D eigenvalue weighted by Crippen LogP contribution is 2.23. The molecule has 0 aromatic heterocycles. The summed E-state index contributed by atoms with van der Waals surface area (Å²) in [4.78, 5) is 43.0. The third-order valence-electron chi connectivity index (χ3n) is 8.90. The predicted molar refractivity (Wildman–Crippen MR) is 224 cm³/mol. The summed E-state index contributed by atoms with van der Waals surface area (Å²) in [6, 6.07) is 0. The number of Topliss-reactive ketones (excluding diaryl/α,β-unsaturated/α-hetero) is 4. The molecule has 0 aliphatic heterocycles. The lowest BCUT2D eigenvalue weighted by molar-refractivity contribution is -0.121. The van der Waals surface area contributed by atoms with Crippen LogP contribution in [0.15, 0.2) is 24.3 Å². The van der Waals surface area contributed by atoms with Crippen LogP contribution in [-0.4, -0.2) is 23.1 Å². The first-order valence-corrected chi connectivity index (χ1v) is 21.0. The van der Waals surface area contributed by atoms with Gasteiger partial charge in [0.2, 0.25) is 0 Å². The maximum Gasteiger partial charge on any atom is 0.137 e. The number of unbranched alkanes of at least 4 members (excludes halogenated alkanes) is 6. The first-order valence-electron chi connectivity index (χ1n) is 21.0. The van der Waals surface area contributed by atoms with E-state index >= 15 is 0 Å². The summed E-state index contributed by atoms with van der Waals surface area (Å²) >= 11 is 0. The lowest BCUT2D eigenvalue weighted by Crippen LogP contribution is -2.10. The molecule has 1 rings (SSSR count). The van der Waals surface area contributed by atoms with Crippen molar-refractivity contribution in [1.29, 1.82) is 0 Å². The van der Waals surface area contributed by atoms with Crippen molar-refractivity contribution in [3.63, 3.8) is 0 Å². The fourth-order valence-corrected chi connectivity index (χ4v) is 5.32. The minimum absolute atomic E-state index is 0.0208. The first kappa shape index (κ1) is 57.5. The van der Waals surface area contributed by atoms with E-state index in [0.29, 0.717) is 29.2 Å². The normalized spacial score (nSPS) is 13.0. The molecule has 4 nitrogen and oxygen atoms in total. The fraction of sp³-hybridized carbons (Fsp3) is 0.826. The summed E-state index contributed by atoms with van der Waals surface area (Å²) in [6.07, 6.45) is 27.6. The molecule has 0 amide bonds. The van der Waals surface area contributed by atoms with Gasteiger partial charge in [0.25, 0.3) is 0 Å². The van der Waals surface area contributed by atoms with Crippen LogP contribution >= 0.6 is 0 Å². The van der Waals surface area contributed by atoms with E-state index in [1.807, 2.05) is 26.8 Å². The van der Waals surface area contributed by atoms with Crippen LogP contribution in [0.25, 0.3) is 0 Å². The van der Waals surface area contributed by atoms with Crippen LogP contribution in [0.4, 0.5) is 0 Å². The summed E-state index contributed by atoms with van der Waals surface area (Å²) in [5, 5.41) is 0. The molecule has 0 saturated heterocycles. The molecule has 4 heteroatoms. The van der Waals surface area contributed by atoms with Gasteiger partial charge in [0.15, 0.2) is 0 Å². The zero-order valence-electron chi connectivity index (χ0n) is 36.4. The second-order valence-electron chi connectivity index (χ2n) is 14.3. The minimum Gasteiger partial charge on any atom is -0.300 e. The summed E-state index contributed by atoms with van der Waals surface area (Å²) < 4.78 is 0. The Morgan fingerprint density at radius 1 is 0.680 bits per heavy atom. The highest BCUT2D eigenvalue weighted by atomic mass is 16.1. The molecule has 298 valence electrons. The van der Waals surface area contributed by atoms with Crippen molar-refractivity contribution in [2.24, 2.45) is 23.7 Å². The third kappa shape index (κ3) is 48.3. The van der Waals surface area contributed by atoms with Crippen LogP contribution in [0.5, 0.6) is 0 Å². The molecule has 1 fully saturated rings. The molecular formula is C46H90O4. The maximum absolute atomic E-state index is 11.3. The van der Waals surface area contributed by atoms with E-state index in [-0.39, 0.29) is 11.7 Å². The van der Waals surface area contributed by atoms with E-state index < -0.39 is 0 Å². The van der Waals surface area contributed by atoms with Gasteiger partial charge in [-0.25, -0.2) is 0 Å². The van der Waals surface area contributed by atoms with Crippen molar-refractivity contribution < 1.29 is 19.2 Å². The lowest BCUT2D eigenvalue weighted by atomic mass is 9.93. The average molecular weight is 707 g/mol. The van der Waals surface area contributed by atoms with Gasteiger partial charge in [-0.2, -0.15) is 0 Å². The standard InChI is InChI=1S/C14H24O.C11H22O.C7H14O.C6H12O.C6H12.C2H6/c1-5-7-8-9-10-11-12(3)14(6-2)13(4)15;1-4-6-8-11(10(3)12)9-7-5-2;1-4-6(2)5-7(3)8;1-3-4-5-6(2)7;1-6-4-2-3-5-6;1-2/h10-11,14H,3,5-9H2,1-2,4H3;11H,4-9H2,1-3H3;6H,4-5H2,1-3H3;3-5H2,1-2H3;6H,2-5H2,1H3;1-2H3/b11-10-;;;;;. The van der Waals surface area contributed by atoms with Gasteiger partial charge >= 0.3 is 0 Å². The second kappa shape index (κ2) is 45.2. The van der Waals surface area contributed by atoms with E-state index in [2.05, 4.69) is 61.1 Å². The van der Waals surface area contributed by atoms with E-state index in [9.17, 15) is 19.2 Å². The monoisotopic (exact) mass is 707 g/mol. The Kier molecular flexibility index (Phi) is 52.0. The van der Waals surface area contributed by atoms with E-state index in [0.717, 1.165) is 69.3 Å². The molecule has 0 N–H and O–H groups in total. The molecule has 0 spiro atoms. The minimum atomic E-state index is 0.0208. The number of hydrogen-bond donors (Lipinski definition) is 0. The van der Waals surface area contributed by atoms with Crippen LogP contribution in [0.1, 0.15) is 225 Å². The zero-order valence-corrected chi connectivity index (χ0v) is 36.4. The lowest BCUT2D eigenvalue weighted by Gasteiger charge is -2.11. The van der Waals surface area contributed by atoms with Gasteiger partial charge in [-0.05, 0) is 83.6 Å². The van der Waals surface area contributed by atoms with Crippen molar-refractivity contribution in [2.45, 2.75) is 225 Å². The van der Waals surface area contributed by atoms with Gasteiger partial charge in [-0.3, -0.25) is 9.59 Å². The van der Waals surface area contributed by atoms with Gasteiger partial charge in [0.1, 0.15) is 23.1 Å². The highest BCUT2D eigenvalue weighted by molar-refractivity contribution is 5.81. The molecule has 0 radical (unpaired) electrons. The third-order valence-corrected chi connectivity index (χ3v) is 8.90. The number of ketones is 4. The fourth-order valence-electron chi connectivity index (χ4n) is 5.32.